The number of rotatable bonds is 5. The molecule has 20 heavy (non-hydrogen) atoms. The summed E-state index contributed by atoms with van der Waals surface area (Å²) >= 11 is 6.31. The Bertz CT molecular complexity index is 571. The first kappa shape index (κ1) is 15.1. The van der Waals surface area contributed by atoms with Crippen LogP contribution in [-0.2, 0) is 12.6 Å². The third-order valence-corrected chi connectivity index (χ3v) is 3.35. The maximum Gasteiger partial charge on any atom is 0.452 e. The Morgan fingerprint density at radius 2 is 2.10 bits per heavy atom. The molecule has 0 aliphatic heterocycles. The summed E-state index contributed by atoms with van der Waals surface area (Å²) in [4.78, 5) is 3.42. The second kappa shape index (κ2) is 6.41. The third-order valence-electron chi connectivity index (χ3n) is 2.46. The molecule has 2 aromatic rings. The topological polar surface area (TPSA) is 37.8 Å². The maximum absolute atomic E-state index is 12.4. The molecule has 0 saturated carbocycles. The SMILES string of the molecule is FC(F)(F)c1nsc(Nc2cccc(CCCCl)c2)n1. The van der Waals surface area contributed by atoms with E-state index in [0.29, 0.717) is 23.1 Å². The van der Waals surface area contributed by atoms with E-state index in [1.165, 1.54) is 0 Å². The molecule has 0 spiro atoms. The van der Waals surface area contributed by atoms with Gasteiger partial charge in [-0.05, 0) is 30.5 Å². The highest BCUT2D eigenvalue weighted by Gasteiger charge is 2.36. The van der Waals surface area contributed by atoms with Gasteiger partial charge in [0.25, 0.3) is 0 Å². The van der Waals surface area contributed by atoms with Gasteiger partial charge in [0, 0.05) is 23.1 Å². The minimum atomic E-state index is -4.52. The number of aromatic nitrogens is 2. The summed E-state index contributed by atoms with van der Waals surface area (Å²) in [5, 5.41) is 2.94. The van der Waals surface area contributed by atoms with E-state index in [-0.39, 0.29) is 5.13 Å². The Kier molecular flexibility index (Phi) is 4.82. The van der Waals surface area contributed by atoms with Gasteiger partial charge in [0.05, 0.1) is 0 Å². The summed E-state index contributed by atoms with van der Waals surface area (Å²) in [5.74, 6) is -0.550. The molecule has 1 N–H and O–H groups in total. The molecule has 0 amide bonds. The zero-order chi connectivity index (χ0) is 14.6. The van der Waals surface area contributed by atoms with Crippen LogP contribution in [0.5, 0.6) is 0 Å². The van der Waals surface area contributed by atoms with E-state index in [2.05, 4.69) is 14.7 Å². The molecule has 0 aliphatic carbocycles. The molecule has 1 aromatic carbocycles. The van der Waals surface area contributed by atoms with Crippen molar-refractivity contribution < 1.29 is 13.2 Å². The van der Waals surface area contributed by atoms with Crippen LogP contribution in [0.4, 0.5) is 24.0 Å². The predicted molar refractivity (Wildman–Crippen MR) is 73.7 cm³/mol. The van der Waals surface area contributed by atoms with Gasteiger partial charge in [-0.15, -0.1) is 11.6 Å². The number of anilines is 2. The maximum atomic E-state index is 12.4. The highest BCUT2D eigenvalue weighted by Crippen LogP contribution is 2.30. The van der Waals surface area contributed by atoms with Gasteiger partial charge in [-0.1, -0.05) is 12.1 Å². The minimum Gasteiger partial charge on any atom is -0.330 e. The molecule has 3 nitrogen and oxygen atoms in total. The zero-order valence-corrected chi connectivity index (χ0v) is 11.8. The fraction of sp³-hybridized carbons (Fsp3) is 0.333. The van der Waals surface area contributed by atoms with Gasteiger partial charge < -0.3 is 5.32 Å². The monoisotopic (exact) mass is 321 g/mol. The summed E-state index contributed by atoms with van der Waals surface area (Å²) in [5.41, 5.74) is 1.75. The summed E-state index contributed by atoms with van der Waals surface area (Å²) in [6, 6.07) is 7.40. The first-order chi connectivity index (χ1) is 9.49. The molecular weight excluding hydrogens is 311 g/mol. The molecule has 0 atom stereocenters. The number of nitrogens with one attached hydrogen (secondary N) is 1. The molecule has 0 saturated heterocycles. The molecule has 0 radical (unpaired) electrons. The number of hydrogen-bond donors (Lipinski definition) is 1. The molecule has 8 heteroatoms. The van der Waals surface area contributed by atoms with Crippen molar-refractivity contribution in [2.45, 2.75) is 19.0 Å². The van der Waals surface area contributed by atoms with Crippen molar-refractivity contribution in [2.75, 3.05) is 11.2 Å². The molecule has 0 bridgehead atoms. The number of benzene rings is 1. The number of hydrogen-bond acceptors (Lipinski definition) is 4. The average molecular weight is 322 g/mol. The number of alkyl halides is 4. The average Bonchev–Trinajstić information content (AvgIpc) is 2.85. The Morgan fingerprint density at radius 3 is 2.75 bits per heavy atom. The van der Waals surface area contributed by atoms with Gasteiger partial charge in [0.1, 0.15) is 0 Å². The quantitative estimate of drug-likeness (QED) is 0.825. The van der Waals surface area contributed by atoms with E-state index in [1.54, 1.807) is 6.07 Å². The lowest BCUT2D eigenvalue weighted by Crippen LogP contribution is -2.07. The van der Waals surface area contributed by atoms with Crippen LogP contribution in [0.3, 0.4) is 0 Å². The fourth-order valence-electron chi connectivity index (χ4n) is 1.59. The van der Waals surface area contributed by atoms with Crippen LogP contribution in [-0.4, -0.2) is 15.2 Å². The van der Waals surface area contributed by atoms with E-state index in [1.807, 2.05) is 18.2 Å². The second-order valence-corrected chi connectivity index (χ2v) is 5.17. The molecule has 2 rings (SSSR count). The van der Waals surface area contributed by atoms with Crippen molar-refractivity contribution in [1.82, 2.24) is 9.36 Å². The zero-order valence-electron chi connectivity index (χ0n) is 10.2. The van der Waals surface area contributed by atoms with Crippen molar-refractivity contribution >= 4 is 34.0 Å². The fourth-order valence-corrected chi connectivity index (χ4v) is 2.33. The van der Waals surface area contributed by atoms with Crippen LogP contribution in [0.1, 0.15) is 17.8 Å². The van der Waals surface area contributed by atoms with Gasteiger partial charge in [-0.2, -0.15) is 22.5 Å². The van der Waals surface area contributed by atoms with Crippen molar-refractivity contribution in [2.24, 2.45) is 0 Å². The number of nitrogens with zero attached hydrogens (tertiary/aromatic N) is 2. The van der Waals surface area contributed by atoms with E-state index >= 15 is 0 Å². The van der Waals surface area contributed by atoms with Gasteiger partial charge >= 0.3 is 6.18 Å². The van der Waals surface area contributed by atoms with Crippen LogP contribution in [0, 0.1) is 0 Å². The van der Waals surface area contributed by atoms with Crippen LogP contribution >= 0.6 is 23.1 Å². The summed E-state index contributed by atoms with van der Waals surface area (Å²) in [6.07, 6.45) is -2.84. The van der Waals surface area contributed by atoms with Gasteiger partial charge in [0.2, 0.25) is 11.0 Å². The normalized spacial score (nSPS) is 11.6. The highest BCUT2D eigenvalue weighted by molar-refractivity contribution is 7.09. The first-order valence-corrected chi connectivity index (χ1v) is 7.12. The summed E-state index contributed by atoms with van der Waals surface area (Å²) < 4.78 is 40.4. The predicted octanol–water partition coefficient (Wildman–Crippen LogP) is 4.47. The molecule has 0 fully saturated rings. The molecule has 1 aromatic heterocycles. The largest absolute Gasteiger partial charge is 0.452 e. The summed E-state index contributed by atoms with van der Waals surface area (Å²) in [6.45, 7) is 0. The standard InChI is InChI=1S/C12H11ClF3N3S/c13-6-2-4-8-3-1-5-9(7-8)17-11-18-10(19-20-11)12(14,15)16/h1,3,5,7H,2,4,6H2,(H,17,18,19). The van der Waals surface area contributed by atoms with E-state index in [0.717, 1.165) is 18.4 Å². The Labute approximate surface area is 123 Å². The van der Waals surface area contributed by atoms with Crippen LogP contribution < -0.4 is 5.32 Å². The van der Waals surface area contributed by atoms with Crippen molar-refractivity contribution in [1.29, 1.82) is 0 Å². The van der Waals surface area contributed by atoms with Crippen molar-refractivity contribution in [3.05, 3.63) is 35.7 Å². The smallest absolute Gasteiger partial charge is 0.330 e. The lowest BCUT2D eigenvalue weighted by Gasteiger charge is -2.05. The minimum absolute atomic E-state index is 0.117. The third kappa shape index (κ3) is 4.08. The van der Waals surface area contributed by atoms with Crippen molar-refractivity contribution in [3.8, 4) is 0 Å². The van der Waals surface area contributed by atoms with Gasteiger partial charge in [-0.3, -0.25) is 0 Å². The second-order valence-electron chi connectivity index (χ2n) is 4.04. The Balaban J connectivity index is 2.08. The van der Waals surface area contributed by atoms with E-state index in [4.69, 9.17) is 11.6 Å². The van der Waals surface area contributed by atoms with Gasteiger partial charge in [0.15, 0.2) is 0 Å². The number of aryl methyl sites for hydroxylation is 1. The van der Waals surface area contributed by atoms with Crippen LogP contribution in [0.15, 0.2) is 24.3 Å². The number of halogens is 4. The lowest BCUT2D eigenvalue weighted by molar-refractivity contribution is -0.144. The van der Waals surface area contributed by atoms with E-state index in [9.17, 15) is 13.2 Å². The Morgan fingerprint density at radius 1 is 1.30 bits per heavy atom. The van der Waals surface area contributed by atoms with Crippen LogP contribution in [0.2, 0.25) is 0 Å². The van der Waals surface area contributed by atoms with E-state index < -0.39 is 12.0 Å². The Hall–Kier alpha value is -1.34. The summed E-state index contributed by atoms with van der Waals surface area (Å²) in [7, 11) is 0. The van der Waals surface area contributed by atoms with Gasteiger partial charge in [-0.25, -0.2) is 0 Å². The lowest BCUT2D eigenvalue weighted by atomic mass is 10.1. The van der Waals surface area contributed by atoms with Crippen LogP contribution in [0.25, 0.3) is 0 Å². The van der Waals surface area contributed by atoms with Crippen molar-refractivity contribution in [3.63, 3.8) is 0 Å². The first-order valence-electron chi connectivity index (χ1n) is 5.82. The molecule has 1 heterocycles. The highest BCUT2D eigenvalue weighted by atomic mass is 35.5. The molecule has 108 valence electrons. The molecule has 0 unspecified atom stereocenters. The molecular formula is C12H11ClF3N3S. The molecule has 0 aliphatic rings.